The molecule has 0 heterocycles. The van der Waals surface area contributed by atoms with Crippen LogP contribution in [0.5, 0.6) is 5.75 Å². The molecule has 0 aliphatic carbocycles. The van der Waals surface area contributed by atoms with E-state index < -0.39 is 48.4 Å². The standard InChI is InChI=1S/C21H20F6O8S2/c1-3-13(2)15-6-8-16(9-7-15)18(28)34-12-14-4-10-17(11-5-14)35-37(32,33)21(26,27)19(22,23)20(24,25)36(29,30)31/h4-11,13H,3,12H2,1-2H3,(H,29,30,31)/p-1. The fourth-order valence-electron chi connectivity index (χ4n) is 2.72. The molecule has 16 heteroatoms. The molecule has 0 fully saturated rings. The van der Waals surface area contributed by atoms with Gasteiger partial charge in [-0.3, -0.25) is 0 Å². The molecule has 0 saturated carbocycles. The van der Waals surface area contributed by atoms with Gasteiger partial charge in [0.25, 0.3) is 0 Å². The van der Waals surface area contributed by atoms with Gasteiger partial charge >= 0.3 is 32.5 Å². The predicted molar refractivity (Wildman–Crippen MR) is 115 cm³/mol. The van der Waals surface area contributed by atoms with Crippen molar-refractivity contribution in [2.75, 3.05) is 0 Å². The lowest BCUT2D eigenvalue weighted by Gasteiger charge is -2.32. The van der Waals surface area contributed by atoms with E-state index in [1.807, 2.05) is 13.8 Å². The lowest BCUT2D eigenvalue weighted by molar-refractivity contribution is -0.247. The first-order valence-corrected chi connectivity index (χ1v) is 13.0. The summed E-state index contributed by atoms with van der Waals surface area (Å²) in [5, 5.41) is -13.8. The molecule has 0 radical (unpaired) electrons. The number of carbonyl (C=O) groups excluding carboxylic acids is 1. The van der Waals surface area contributed by atoms with Crippen molar-refractivity contribution < 1.29 is 61.4 Å². The predicted octanol–water partition coefficient (Wildman–Crippen LogP) is 4.63. The van der Waals surface area contributed by atoms with Crippen LogP contribution in [-0.2, 0) is 31.6 Å². The molecular formula is C21H19F6O8S2-. The Hall–Kier alpha value is -2.85. The summed E-state index contributed by atoms with van der Waals surface area (Å²) in [5.74, 6) is -8.69. The quantitative estimate of drug-likeness (QED) is 0.164. The highest BCUT2D eigenvalue weighted by atomic mass is 32.2. The molecule has 206 valence electrons. The summed E-state index contributed by atoms with van der Waals surface area (Å²) in [7, 11) is -14.4. The average Bonchev–Trinajstić information content (AvgIpc) is 2.81. The smallest absolute Gasteiger partial charge is 0.450 e. The number of ether oxygens (including phenoxy) is 1. The van der Waals surface area contributed by atoms with Gasteiger partial charge in [0.2, 0.25) is 0 Å². The number of esters is 1. The van der Waals surface area contributed by atoms with E-state index in [9.17, 15) is 52.5 Å². The van der Waals surface area contributed by atoms with Crippen molar-refractivity contribution in [3.63, 3.8) is 0 Å². The van der Waals surface area contributed by atoms with Gasteiger partial charge in [-0.2, -0.15) is 34.8 Å². The van der Waals surface area contributed by atoms with Crippen LogP contribution in [0.3, 0.4) is 0 Å². The number of alkyl halides is 6. The number of hydrogen-bond acceptors (Lipinski definition) is 8. The number of halogens is 6. The van der Waals surface area contributed by atoms with Crippen molar-refractivity contribution in [1.29, 1.82) is 0 Å². The van der Waals surface area contributed by atoms with E-state index in [-0.39, 0.29) is 23.7 Å². The van der Waals surface area contributed by atoms with Crippen LogP contribution in [0, 0.1) is 0 Å². The molecule has 8 nitrogen and oxygen atoms in total. The van der Waals surface area contributed by atoms with Gasteiger partial charge in [0, 0.05) is 0 Å². The monoisotopic (exact) mass is 577 g/mol. The van der Waals surface area contributed by atoms with Crippen molar-refractivity contribution >= 4 is 26.2 Å². The van der Waals surface area contributed by atoms with Crippen LogP contribution in [0.4, 0.5) is 26.3 Å². The van der Waals surface area contributed by atoms with Gasteiger partial charge < -0.3 is 13.5 Å². The Morgan fingerprint density at radius 3 is 1.86 bits per heavy atom. The highest BCUT2D eigenvalue weighted by molar-refractivity contribution is 7.88. The zero-order valence-corrected chi connectivity index (χ0v) is 20.6. The van der Waals surface area contributed by atoms with Gasteiger partial charge in [-0.05, 0) is 47.7 Å². The number of rotatable bonds is 11. The van der Waals surface area contributed by atoms with E-state index in [4.69, 9.17) is 4.74 Å². The highest BCUT2D eigenvalue weighted by Gasteiger charge is 2.81. The van der Waals surface area contributed by atoms with E-state index in [0.29, 0.717) is 12.1 Å². The molecule has 0 saturated heterocycles. The SMILES string of the molecule is CCC(C)c1ccc(C(=O)OCc2ccc(OS(=O)(=O)C(F)(F)C(F)(F)C(F)(F)S(=O)(=O)[O-])cc2)cc1. The number of hydrogen-bond donors (Lipinski definition) is 0. The second-order valence-corrected chi connectivity index (χ2v) is 10.8. The Balaban J connectivity index is 2.11. The van der Waals surface area contributed by atoms with Crippen molar-refractivity contribution in [1.82, 2.24) is 0 Å². The van der Waals surface area contributed by atoms with E-state index in [2.05, 4.69) is 4.18 Å². The number of carbonyl (C=O) groups is 1. The Morgan fingerprint density at radius 1 is 0.892 bits per heavy atom. The molecule has 0 bridgehead atoms. The Morgan fingerprint density at radius 2 is 1.41 bits per heavy atom. The van der Waals surface area contributed by atoms with Crippen LogP contribution in [-0.4, -0.2) is 43.8 Å². The summed E-state index contributed by atoms with van der Waals surface area (Å²) in [6.07, 6.45) is 0.888. The van der Waals surface area contributed by atoms with Crippen molar-refractivity contribution in [3.8, 4) is 5.75 Å². The summed E-state index contributed by atoms with van der Waals surface area (Å²) in [5.41, 5.74) is 1.39. The largest absolute Gasteiger partial charge is 0.743 e. The summed E-state index contributed by atoms with van der Waals surface area (Å²) in [6, 6.07) is 9.86. The normalized spacial score (nSPS) is 14.2. The van der Waals surface area contributed by atoms with Crippen LogP contribution >= 0.6 is 0 Å². The maximum absolute atomic E-state index is 13.8. The molecule has 0 aromatic heterocycles. The molecule has 0 amide bonds. The van der Waals surface area contributed by atoms with Gasteiger partial charge in [-0.15, -0.1) is 0 Å². The van der Waals surface area contributed by atoms with Crippen LogP contribution in [0.2, 0.25) is 0 Å². The molecular weight excluding hydrogens is 558 g/mol. The second-order valence-electron chi connectivity index (χ2n) is 7.75. The topological polar surface area (TPSA) is 127 Å². The molecule has 2 aromatic carbocycles. The third-order valence-corrected chi connectivity index (χ3v) is 7.37. The van der Waals surface area contributed by atoms with E-state index in [1.54, 1.807) is 24.3 Å². The molecule has 2 aromatic rings. The molecule has 1 atom stereocenters. The van der Waals surface area contributed by atoms with E-state index >= 15 is 0 Å². The van der Waals surface area contributed by atoms with Crippen molar-refractivity contribution in [3.05, 3.63) is 65.2 Å². The molecule has 37 heavy (non-hydrogen) atoms. The molecule has 0 aliphatic rings. The third-order valence-electron chi connectivity index (χ3n) is 5.19. The number of benzene rings is 2. The van der Waals surface area contributed by atoms with Crippen molar-refractivity contribution in [2.45, 2.75) is 49.2 Å². The summed E-state index contributed by atoms with van der Waals surface area (Å²) in [4.78, 5) is 12.2. The maximum atomic E-state index is 13.8. The minimum Gasteiger partial charge on any atom is -0.743 e. The van der Waals surface area contributed by atoms with Gasteiger partial charge in [0.05, 0.1) is 5.56 Å². The lowest BCUT2D eigenvalue weighted by atomic mass is 9.98. The lowest BCUT2D eigenvalue weighted by Crippen LogP contribution is -2.61. The minimum absolute atomic E-state index is 0.162. The molecule has 0 N–H and O–H groups in total. The van der Waals surface area contributed by atoms with E-state index in [0.717, 1.165) is 24.1 Å². The first kappa shape index (κ1) is 30.4. The first-order valence-electron chi connectivity index (χ1n) is 10.2. The van der Waals surface area contributed by atoms with Crippen LogP contribution in [0.1, 0.15) is 47.7 Å². The van der Waals surface area contributed by atoms with Crippen molar-refractivity contribution in [2.24, 2.45) is 0 Å². The van der Waals surface area contributed by atoms with Crippen LogP contribution in [0.15, 0.2) is 48.5 Å². The highest BCUT2D eigenvalue weighted by Crippen LogP contribution is 2.50. The average molecular weight is 577 g/mol. The second kappa shape index (κ2) is 10.5. The van der Waals surface area contributed by atoms with E-state index in [1.165, 1.54) is 0 Å². The zero-order chi connectivity index (χ0) is 28.4. The first-order chi connectivity index (χ1) is 16.8. The summed E-state index contributed by atoms with van der Waals surface area (Å²) >= 11 is 0. The fourth-order valence-corrected chi connectivity index (χ4v) is 4.14. The third kappa shape index (κ3) is 6.01. The van der Waals surface area contributed by atoms with Gasteiger partial charge in [0.1, 0.15) is 12.4 Å². The molecule has 0 aliphatic heterocycles. The fraction of sp³-hybridized carbons (Fsp3) is 0.381. The van der Waals surface area contributed by atoms with Crippen LogP contribution < -0.4 is 4.18 Å². The van der Waals surface area contributed by atoms with Gasteiger partial charge in [-0.1, -0.05) is 38.1 Å². The van der Waals surface area contributed by atoms with Gasteiger partial charge in [0.15, 0.2) is 10.1 Å². The molecule has 0 spiro atoms. The van der Waals surface area contributed by atoms with Crippen LogP contribution in [0.25, 0.3) is 0 Å². The summed E-state index contributed by atoms with van der Waals surface area (Å²) in [6.45, 7) is 3.62. The summed E-state index contributed by atoms with van der Waals surface area (Å²) < 4.78 is 144. The molecule has 1 unspecified atom stereocenters. The molecule has 2 rings (SSSR count). The zero-order valence-electron chi connectivity index (χ0n) is 19.0. The maximum Gasteiger partial charge on any atom is 0.450 e. The Bertz CT molecular complexity index is 1330. The van der Waals surface area contributed by atoms with Gasteiger partial charge in [-0.25, -0.2) is 13.2 Å². The minimum atomic E-state index is -7.40. The Kier molecular flexibility index (Phi) is 8.61. The Labute approximate surface area is 208 Å².